The molecule has 0 unspecified atom stereocenters. The maximum absolute atomic E-state index is 12.0. The predicted octanol–water partition coefficient (Wildman–Crippen LogP) is 2.50. The van der Waals surface area contributed by atoms with Gasteiger partial charge in [-0.2, -0.15) is 0 Å². The molecule has 1 aromatic carbocycles. The van der Waals surface area contributed by atoms with E-state index in [1.807, 2.05) is 0 Å². The van der Waals surface area contributed by atoms with Gasteiger partial charge in [-0.15, -0.1) is 0 Å². The molecule has 2 aromatic rings. The molecule has 0 aliphatic carbocycles. The number of nitrogens with one attached hydrogen (secondary N) is 2. The molecule has 0 saturated heterocycles. The van der Waals surface area contributed by atoms with E-state index in [1.165, 1.54) is 24.4 Å². The van der Waals surface area contributed by atoms with E-state index in [4.69, 9.17) is 11.6 Å². The zero-order valence-electron chi connectivity index (χ0n) is 10.8. The minimum Gasteiger partial charge on any atom is -0.364 e. The Bertz CT molecular complexity index is 785. The number of nitro groups is 1. The number of amides is 1. The molecule has 0 aliphatic heterocycles. The van der Waals surface area contributed by atoms with Crippen molar-refractivity contribution in [3.05, 3.63) is 67.1 Å². The standard InChI is InChI=1S/C13H10ClN3O4/c1-7-4-12(18)9(6-15-7)13(19)16-11-5-8(17(20)21)2-3-10(11)14/h2-6H,1H3,(H,15,18)(H,16,19). The summed E-state index contributed by atoms with van der Waals surface area (Å²) in [6.07, 6.45) is 1.28. The van der Waals surface area contributed by atoms with Crippen molar-refractivity contribution in [3.63, 3.8) is 0 Å². The average Bonchev–Trinajstić information content (AvgIpc) is 2.40. The van der Waals surface area contributed by atoms with Crippen LogP contribution in [0.25, 0.3) is 0 Å². The number of aromatic nitrogens is 1. The van der Waals surface area contributed by atoms with E-state index in [0.29, 0.717) is 5.69 Å². The van der Waals surface area contributed by atoms with Gasteiger partial charge >= 0.3 is 0 Å². The largest absolute Gasteiger partial charge is 0.364 e. The van der Waals surface area contributed by atoms with Gasteiger partial charge in [0.05, 0.1) is 15.6 Å². The Balaban J connectivity index is 2.33. The van der Waals surface area contributed by atoms with Crippen LogP contribution < -0.4 is 10.7 Å². The minimum atomic E-state index is -0.696. The molecule has 0 saturated carbocycles. The van der Waals surface area contributed by atoms with Crippen LogP contribution in [-0.4, -0.2) is 15.8 Å². The van der Waals surface area contributed by atoms with Gasteiger partial charge in [-0.3, -0.25) is 19.7 Å². The molecule has 2 N–H and O–H groups in total. The number of carbonyl (C=O) groups is 1. The zero-order valence-corrected chi connectivity index (χ0v) is 11.6. The third kappa shape index (κ3) is 3.26. The number of hydrogen-bond donors (Lipinski definition) is 2. The molecule has 108 valence electrons. The summed E-state index contributed by atoms with van der Waals surface area (Å²) in [4.78, 5) is 36.6. The number of aromatic amines is 1. The molecule has 0 aliphatic rings. The number of rotatable bonds is 3. The lowest BCUT2D eigenvalue weighted by atomic mass is 10.2. The van der Waals surface area contributed by atoms with E-state index < -0.39 is 16.3 Å². The van der Waals surface area contributed by atoms with Gasteiger partial charge in [0.25, 0.3) is 11.6 Å². The minimum absolute atomic E-state index is 0.0656. The van der Waals surface area contributed by atoms with Gasteiger partial charge < -0.3 is 10.3 Å². The molecule has 0 spiro atoms. The van der Waals surface area contributed by atoms with E-state index in [1.54, 1.807) is 6.92 Å². The fourth-order valence-electron chi connectivity index (χ4n) is 1.66. The fourth-order valence-corrected chi connectivity index (χ4v) is 1.83. The first-order valence-corrected chi connectivity index (χ1v) is 6.21. The summed E-state index contributed by atoms with van der Waals surface area (Å²) in [6.45, 7) is 1.68. The first-order valence-electron chi connectivity index (χ1n) is 5.83. The van der Waals surface area contributed by atoms with Crippen LogP contribution in [0.2, 0.25) is 5.02 Å². The summed E-state index contributed by atoms with van der Waals surface area (Å²) in [5.41, 5.74) is -0.0956. The van der Waals surface area contributed by atoms with Gasteiger partial charge in [0.2, 0.25) is 0 Å². The quantitative estimate of drug-likeness (QED) is 0.671. The van der Waals surface area contributed by atoms with Gasteiger partial charge in [-0.25, -0.2) is 0 Å². The van der Waals surface area contributed by atoms with Gasteiger partial charge in [0.1, 0.15) is 5.56 Å². The van der Waals surface area contributed by atoms with E-state index in [0.717, 1.165) is 6.07 Å². The second kappa shape index (κ2) is 5.76. The zero-order chi connectivity index (χ0) is 15.6. The number of hydrogen-bond acceptors (Lipinski definition) is 4. The Hall–Kier alpha value is -2.67. The molecule has 8 heteroatoms. The second-order valence-corrected chi connectivity index (χ2v) is 4.68. The Morgan fingerprint density at radius 2 is 2.10 bits per heavy atom. The third-order valence-corrected chi connectivity index (χ3v) is 3.04. The Labute approximate surface area is 123 Å². The average molecular weight is 308 g/mol. The number of aryl methyl sites for hydroxylation is 1. The van der Waals surface area contributed by atoms with Crippen molar-refractivity contribution in [1.29, 1.82) is 0 Å². The second-order valence-electron chi connectivity index (χ2n) is 4.27. The molecule has 0 fully saturated rings. The number of nitrogens with zero attached hydrogens (tertiary/aromatic N) is 1. The summed E-state index contributed by atoms with van der Waals surface area (Å²) in [7, 11) is 0. The van der Waals surface area contributed by atoms with Crippen LogP contribution in [0.4, 0.5) is 11.4 Å². The third-order valence-electron chi connectivity index (χ3n) is 2.71. The number of carbonyl (C=O) groups excluding carboxylic acids is 1. The first kappa shape index (κ1) is 14.7. The van der Waals surface area contributed by atoms with Crippen molar-refractivity contribution in [1.82, 2.24) is 4.98 Å². The molecular weight excluding hydrogens is 298 g/mol. The molecule has 7 nitrogen and oxygen atoms in total. The number of nitro benzene ring substituents is 1. The molecule has 21 heavy (non-hydrogen) atoms. The fraction of sp³-hybridized carbons (Fsp3) is 0.0769. The highest BCUT2D eigenvalue weighted by atomic mass is 35.5. The Kier molecular flexibility index (Phi) is 4.04. The summed E-state index contributed by atoms with van der Waals surface area (Å²) < 4.78 is 0. The number of halogens is 1. The summed E-state index contributed by atoms with van der Waals surface area (Å²) in [5.74, 6) is -0.696. The van der Waals surface area contributed by atoms with Crippen LogP contribution >= 0.6 is 11.6 Å². The molecule has 0 atom stereocenters. The van der Waals surface area contributed by atoms with E-state index in [9.17, 15) is 19.7 Å². The Morgan fingerprint density at radius 1 is 1.38 bits per heavy atom. The molecule has 1 heterocycles. The van der Waals surface area contributed by atoms with Crippen molar-refractivity contribution in [2.75, 3.05) is 5.32 Å². The molecule has 1 amide bonds. The highest BCUT2D eigenvalue weighted by Gasteiger charge is 2.15. The molecule has 0 radical (unpaired) electrons. The lowest BCUT2D eigenvalue weighted by Crippen LogP contribution is -2.21. The van der Waals surface area contributed by atoms with Crippen LogP contribution in [0.3, 0.4) is 0 Å². The Morgan fingerprint density at radius 3 is 2.71 bits per heavy atom. The van der Waals surface area contributed by atoms with Crippen molar-refractivity contribution >= 4 is 28.9 Å². The predicted molar refractivity (Wildman–Crippen MR) is 77.9 cm³/mol. The normalized spacial score (nSPS) is 10.2. The van der Waals surface area contributed by atoms with E-state index in [-0.39, 0.29) is 22.0 Å². The van der Waals surface area contributed by atoms with Gasteiger partial charge in [0, 0.05) is 30.1 Å². The van der Waals surface area contributed by atoms with Crippen molar-refractivity contribution in [3.8, 4) is 0 Å². The van der Waals surface area contributed by atoms with Crippen molar-refractivity contribution in [2.45, 2.75) is 6.92 Å². The SMILES string of the molecule is Cc1cc(=O)c(C(=O)Nc2cc([N+](=O)[O-])ccc2Cl)c[nH]1. The molecular formula is C13H10ClN3O4. The molecule has 0 bridgehead atoms. The molecule has 2 rings (SSSR count). The van der Waals surface area contributed by atoms with Crippen LogP contribution in [-0.2, 0) is 0 Å². The summed E-state index contributed by atoms with van der Waals surface area (Å²) in [5, 5.41) is 13.2. The highest BCUT2D eigenvalue weighted by molar-refractivity contribution is 6.34. The smallest absolute Gasteiger partial charge is 0.271 e. The maximum atomic E-state index is 12.0. The van der Waals surface area contributed by atoms with Crippen molar-refractivity contribution in [2.24, 2.45) is 0 Å². The number of non-ortho nitro benzene ring substituents is 1. The van der Waals surface area contributed by atoms with E-state index in [2.05, 4.69) is 10.3 Å². The monoisotopic (exact) mass is 307 g/mol. The number of anilines is 1. The number of benzene rings is 1. The lowest BCUT2D eigenvalue weighted by Gasteiger charge is -2.07. The van der Waals surface area contributed by atoms with E-state index >= 15 is 0 Å². The van der Waals surface area contributed by atoms with Crippen LogP contribution in [0.15, 0.2) is 35.3 Å². The van der Waals surface area contributed by atoms with Crippen molar-refractivity contribution < 1.29 is 9.72 Å². The lowest BCUT2D eigenvalue weighted by molar-refractivity contribution is -0.384. The summed E-state index contributed by atoms with van der Waals surface area (Å²) >= 11 is 5.87. The summed E-state index contributed by atoms with van der Waals surface area (Å²) in [6, 6.07) is 4.93. The van der Waals surface area contributed by atoms with Gasteiger partial charge in [-0.05, 0) is 13.0 Å². The number of pyridine rings is 1. The van der Waals surface area contributed by atoms with Crippen LogP contribution in [0, 0.1) is 17.0 Å². The van der Waals surface area contributed by atoms with Gasteiger partial charge in [-0.1, -0.05) is 11.6 Å². The molecule has 1 aromatic heterocycles. The topological polar surface area (TPSA) is 105 Å². The first-order chi connectivity index (χ1) is 9.88. The van der Waals surface area contributed by atoms with Crippen LogP contribution in [0.5, 0.6) is 0 Å². The highest BCUT2D eigenvalue weighted by Crippen LogP contribution is 2.26. The van der Waals surface area contributed by atoms with Crippen LogP contribution in [0.1, 0.15) is 16.1 Å². The number of H-pyrrole nitrogens is 1. The maximum Gasteiger partial charge on any atom is 0.271 e. The van der Waals surface area contributed by atoms with Gasteiger partial charge in [0.15, 0.2) is 5.43 Å².